The predicted molar refractivity (Wildman–Crippen MR) is 75.3 cm³/mol. The van der Waals surface area contributed by atoms with Gasteiger partial charge in [-0.1, -0.05) is 23.7 Å². The van der Waals surface area contributed by atoms with Crippen LogP contribution in [0.3, 0.4) is 0 Å². The first-order valence-corrected chi connectivity index (χ1v) is 6.96. The fourth-order valence-corrected chi connectivity index (χ4v) is 2.30. The van der Waals surface area contributed by atoms with Crippen molar-refractivity contribution in [3.05, 3.63) is 47.2 Å². The van der Waals surface area contributed by atoms with Crippen LogP contribution in [0.5, 0.6) is 5.75 Å². The highest BCUT2D eigenvalue weighted by Gasteiger charge is 2.34. The quantitative estimate of drug-likeness (QED) is 0.867. The van der Waals surface area contributed by atoms with Crippen molar-refractivity contribution in [1.82, 2.24) is 14.7 Å². The molecule has 8 heteroatoms. The van der Waals surface area contributed by atoms with Crippen LogP contribution in [-0.2, 0) is 0 Å². The molecule has 1 aliphatic heterocycles. The number of amides is 1. The minimum Gasteiger partial charge on any atom is -0.485 e. The van der Waals surface area contributed by atoms with Crippen LogP contribution in [0, 0.1) is 0 Å². The number of hydrogen-bond donors (Lipinski definition) is 0. The standard InChI is InChI=1S/C14H12ClF2N3O2/c15-10-3-1-2-4-12(10)22-9-7-19(8-9)13(21)11-5-6-20(18-11)14(16)17/h1-6,9,14H,7-8H2. The number of ether oxygens (including phenoxy) is 1. The molecule has 1 aromatic heterocycles. The van der Waals surface area contributed by atoms with Crippen LogP contribution in [0.25, 0.3) is 0 Å². The summed E-state index contributed by atoms with van der Waals surface area (Å²) in [7, 11) is 0. The number of likely N-dealkylation sites (tertiary alicyclic amines) is 1. The van der Waals surface area contributed by atoms with E-state index >= 15 is 0 Å². The molecule has 0 bridgehead atoms. The Hall–Kier alpha value is -2.15. The fraction of sp³-hybridized carbons (Fsp3) is 0.286. The average Bonchev–Trinajstić information content (AvgIpc) is 2.93. The largest absolute Gasteiger partial charge is 0.485 e. The van der Waals surface area contributed by atoms with E-state index in [4.69, 9.17) is 16.3 Å². The van der Waals surface area contributed by atoms with Gasteiger partial charge in [0.2, 0.25) is 0 Å². The highest BCUT2D eigenvalue weighted by atomic mass is 35.5. The Morgan fingerprint density at radius 3 is 2.68 bits per heavy atom. The molecule has 0 aliphatic carbocycles. The number of para-hydroxylation sites is 1. The number of carbonyl (C=O) groups is 1. The Bertz CT molecular complexity index is 686. The third-order valence-electron chi connectivity index (χ3n) is 3.29. The van der Waals surface area contributed by atoms with Gasteiger partial charge in [0, 0.05) is 6.20 Å². The Balaban J connectivity index is 1.56. The number of hydrogen-bond acceptors (Lipinski definition) is 3. The van der Waals surface area contributed by atoms with Crippen molar-refractivity contribution in [3.63, 3.8) is 0 Å². The second-order valence-electron chi connectivity index (χ2n) is 4.84. The van der Waals surface area contributed by atoms with Crippen molar-refractivity contribution in [2.75, 3.05) is 13.1 Å². The van der Waals surface area contributed by atoms with Crippen LogP contribution in [0.4, 0.5) is 8.78 Å². The maximum absolute atomic E-state index is 12.4. The van der Waals surface area contributed by atoms with Crippen LogP contribution in [0.15, 0.2) is 36.5 Å². The van der Waals surface area contributed by atoms with Crippen molar-refractivity contribution >= 4 is 17.5 Å². The summed E-state index contributed by atoms with van der Waals surface area (Å²) in [5.41, 5.74) is -0.00325. The van der Waals surface area contributed by atoms with Gasteiger partial charge in [0.25, 0.3) is 5.91 Å². The lowest BCUT2D eigenvalue weighted by atomic mass is 10.1. The summed E-state index contributed by atoms with van der Waals surface area (Å²) >= 11 is 5.99. The number of carbonyl (C=O) groups excluding carboxylic acids is 1. The van der Waals surface area contributed by atoms with E-state index in [1.54, 1.807) is 24.3 Å². The highest BCUT2D eigenvalue weighted by molar-refractivity contribution is 6.32. The monoisotopic (exact) mass is 327 g/mol. The lowest BCUT2D eigenvalue weighted by Gasteiger charge is -2.38. The molecule has 0 N–H and O–H groups in total. The summed E-state index contributed by atoms with van der Waals surface area (Å²) in [6.07, 6.45) is 0.913. The van der Waals surface area contributed by atoms with Crippen LogP contribution in [0.2, 0.25) is 5.02 Å². The number of nitrogens with zero attached hydrogens (tertiary/aromatic N) is 3. The zero-order chi connectivity index (χ0) is 15.7. The van der Waals surface area contributed by atoms with E-state index < -0.39 is 12.5 Å². The Morgan fingerprint density at radius 2 is 2.05 bits per heavy atom. The number of rotatable bonds is 4. The third kappa shape index (κ3) is 2.89. The zero-order valence-electron chi connectivity index (χ0n) is 11.3. The van der Waals surface area contributed by atoms with Crippen LogP contribution < -0.4 is 4.74 Å². The van der Waals surface area contributed by atoms with Gasteiger partial charge in [-0.15, -0.1) is 0 Å². The molecule has 1 amide bonds. The maximum Gasteiger partial charge on any atom is 0.333 e. The Morgan fingerprint density at radius 1 is 1.32 bits per heavy atom. The first-order chi connectivity index (χ1) is 10.5. The molecule has 1 aliphatic rings. The van der Waals surface area contributed by atoms with E-state index in [9.17, 15) is 13.6 Å². The molecule has 116 valence electrons. The van der Waals surface area contributed by atoms with E-state index in [2.05, 4.69) is 5.10 Å². The van der Waals surface area contributed by atoms with E-state index in [-0.39, 0.29) is 11.8 Å². The normalized spacial score (nSPS) is 15.0. The smallest absolute Gasteiger partial charge is 0.333 e. The van der Waals surface area contributed by atoms with Crippen molar-refractivity contribution in [1.29, 1.82) is 0 Å². The van der Waals surface area contributed by atoms with E-state index in [1.165, 1.54) is 11.0 Å². The van der Waals surface area contributed by atoms with Crippen LogP contribution in [-0.4, -0.2) is 39.8 Å². The summed E-state index contributed by atoms with van der Waals surface area (Å²) in [5.74, 6) is 0.168. The second-order valence-corrected chi connectivity index (χ2v) is 5.25. The molecule has 0 unspecified atom stereocenters. The maximum atomic E-state index is 12.4. The Kier molecular flexibility index (Phi) is 3.98. The number of aromatic nitrogens is 2. The van der Waals surface area contributed by atoms with E-state index in [0.717, 1.165) is 6.20 Å². The molecule has 5 nitrogen and oxygen atoms in total. The molecule has 0 radical (unpaired) electrons. The first kappa shape index (κ1) is 14.8. The first-order valence-electron chi connectivity index (χ1n) is 6.58. The second kappa shape index (κ2) is 5.92. The summed E-state index contributed by atoms with van der Waals surface area (Å²) in [6, 6.07) is 8.34. The molecule has 1 saturated heterocycles. The molecule has 2 heterocycles. The van der Waals surface area contributed by atoms with Crippen molar-refractivity contribution in [2.45, 2.75) is 12.7 Å². The lowest BCUT2D eigenvalue weighted by molar-refractivity contribution is 0.0168. The van der Waals surface area contributed by atoms with Gasteiger partial charge in [-0.05, 0) is 18.2 Å². The molecular formula is C14H12ClF2N3O2. The van der Waals surface area contributed by atoms with Gasteiger partial charge in [0.05, 0.1) is 18.1 Å². The average molecular weight is 328 g/mol. The van der Waals surface area contributed by atoms with Gasteiger partial charge in [0.1, 0.15) is 11.9 Å². The van der Waals surface area contributed by atoms with Gasteiger partial charge in [0.15, 0.2) is 5.69 Å². The molecule has 0 atom stereocenters. The lowest BCUT2D eigenvalue weighted by Crippen LogP contribution is -2.56. The number of alkyl halides is 2. The minimum absolute atomic E-state index is 0.00325. The topological polar surface area (TPSA) is 47.4 Å². The molecule has 22 heavy (non-hydrogen) atoms. The predicted octanol–water partition coefficient (Wildman–Crippen LogP) is 2.84. The van der Waals surface area contributed by atoms with Crippen molar-refractivity contribution in [2.24, 2.45) is 0 Å². The van der Waals surface area contributed by atoms with E-state index in [0.29, 0.717) is 28.5 Å². The molecule has 2 aromatic rings. The number of benzene rings is 1. The van der Waals surface area contributed by atoms with Crippen molar-refractivity contribution in [3.8, 4) is 5.75 Å². The van der Waals surface area contributed by atoms with Gasteiger partial charge >= 0.3 is 6.55 Å². The van der Waals surface area contributed by atoms with Crippen LogP contribution in [0.1, 0.15) is 17.0 Å². The molecule has 1 aromatic carbocycles. The van der Waals surface area contributed by atoms with Crippen LogP contribution >= 0.6 is 11.6 Å². The summed E-state index contributed by atoms with van der Waals surface area (Å²) < 4.78 is 31.0. The number of halogens is 3. The Labute approximate surface area is 130 Å². The molecule has 0 saturated carbocycles. The summed E-state index contributed by atoms with van der Waals surface area (Å²) in [4.78, 5) is 13.5. The molecular weight excluding hydrogens is 316 g/mol. The van der Waals surface area contributed by atoms with Gasteiger partial charge in [-0.25, -0.2) is 4.68 Å². The van der Waals surface area contributed by atoms with Gasteiger partial charge < -0.3 is 9.64 Å². The van der Waals surface area contributed by atoms with Gasteiger partial charge in [-0.3, -0.25) is 4.79 Å². The zero-order valence-corrected chi connectivity index (χ0v) is 12.1. The molecule has 0 spiro atoms. The fourth-order valence-electron chi connectivity index (χ4n) is 2.12. The third-order valence-corrected chi connectivity index (χ3v) is 3.61. The minimum atomic E-state index is -2.76. The van der Waals surface area contributed by atoms with Crippen molar-refractivity contribution < 1.29 is 18.3 Å². The van der Waals surface area contributed by atoms with E-state index in [1.807, 2.05) is 0 Å². The van der Waals surface area contributed by atoms with Gasteiger partial charge in [-0.2, -0.15) is 13.9 Å². The SMILES string of the molecule is O=C(c1ccn(C(F)F)n1)N1CC(Oc2ccccc2Cl)C1. The molecule has 1 fully saturated rings. The summed E-state index contributed by atoms with van der Waals surface area (Å²) in [6.45, 7) is -2.02. The summed E-state index contributed by atoms with van der Waals surface area (Å²) in [5, 5.41) is 4.05. The highest BCUT2D eigenvalue weighted by Crippen LogP contribution is 2.26. The molecule has 3 rings (SSSR count).